The van der Waals surface area contributed by atoms with Gasteiger partial charge in [0.15, 0.2) is 9.84 Å². The average molecular weight is 310 g/mol. The van der Waals surface area contributed by atoms with Crippen LogP contribution in [-0.2, 0) is 14.6 Å². The summed E-state index contributed by atoms with van der Waals surface area (Å²) >= 11 is 0. The van der Waals surface area contributed by atoms with Crippen molar-refractivity contribution in [3.05, 3.63) is 35.4 Å². The first kappa shape index (κ1) is 16.0. The summed E-state index contributed by atoms with van der Waals surface area (Å²) in [5, 5.41) is 1.93. The van der Waals surface area contributed by atoms with Crippen molar-refractivity contribution >= 4 is 15.7 Å². The van der Waals surface area contributed by atoms with Gasteiger partial charge in [-0.25, -0.2) is 8.42 Å². The van der Waals surface area contributed by atoms with Crippen LogP contribution in [0, 0.1) is 6.92 Å². The first-order chi connectivity index (χ1) is 9.81. The summed E-state index contributed by atoms with van der Waals surface area (Å²) in [6.07, 6.45) is 0.436. The van der Waals surface area contributed by atoms with Crippen LogP contribution in [0.2, 0.25) is 0 Å². The summed E-state index contributed by atoms with van der Waals surface area (Å²) in [7, 11) is 0.697. The second-order valence-electron chi connectivity index (χ2n) is 5.78. The maximum Gasteiger partial charge on any atom is 0.238 e. The number of hydrogen-bond donors (Lipinski definition) is 1. The van der Waals surface area contributed by atoms with Crippen molar-refractivity contribution in [1.29, 1.82) is 0 Å². The molecule has 0 aliphatic carbocycles. The molecule has 1 fully saturated rings. The van der Waals surface area contributed by atoms with Crippen molar-refractivity contribution in [2.24, 2.45) is 0 Å². The number of hydrogen-bond acceptors (Lipinski definition) is 4. The minimum atomic E-state index is -3.19. The number of sulfone groups is 1. The van der Waals surface area contributed by atoms with E-state index in [4.69, 9.17) is 0 Å². The fraction of sp³-hybridized carbons (Fsp3) is 0.533. The Kier molecular flexibility index (Phi) is 4.68. The van der Waals surface area contributed by atoms with Gasteiger partial charge in [0.25, 0.3) is 0 Å². The molecular formula is C15H22N2O3S. The molecule has 1 aromatic carbocycles. The van der Waals surface area contributed by atoms with Crippen LogP contribution in [0.5, 0.6) is 0 Å². The Morgan fingerprint density at radius 3 is 2.38 bits per heavy atom. The van der Waals surface area contributed by atoms with Crippen LogP contribution < -0.4 is 5.32 Å². The molecule has 1 aromatic rings. The monoisotopic (exact) mass is 310 g/mol. The van der Waals surface area contributed by atoms with Crippen LogP contribution in [0.1, 0.15) is 23.6 Å². The number of nitrogens with one attached hydrogen (secondary N) is 1. The zero-order chi connectivity index (χ0) is 15.6. The Morgan fingerprint density at radius 1 is 1.33 bits per heavy atom. The lowest BCUT2D eigenvalue weighted by Gasteiger charge is -2.28. The number of likely N-dealkylation sites (N-methyl/N-ethyl adjacent to an activating group) is 1. The molecule has 2 rings (SSSR count). The number of amides is 1. The van der Waals surface area contributed by atoms with Crippen LogP contribution in [0.25, 0.3) is 0 Å². The molecule has 1 amide bonds. The Labute approximate surface area is 126 Å². The Morgan fingerprint density at radius 2 is 1.95 bits per heavy atom. The highest BCUT2D eigenvalue weighted by molar-refractivity contribution is 7.94. The highest BCUT2D eigenvalue weighted by Gasteiger charge is 2.41. The predicted octanol–water partition coefficient (Wildman–Crippen LogP) is 0.901. The third-order valence-corrected chi connectivity index (χ3v) is 6.07. The molecule has 1 aliphatic rings. The van der Waals surface area contributed by atoms with Crippen LogP contribution >= 0.6 is 0 Å². The molecule has 0 saturated carbocycles. The SMILES string of the molecule is Cc1ccc(C(CNC(=O)C2CCS2(=O)=O)N(C)C)cc1. The minimum Gasteiger partial charge on any atom is -0.353 e. The number of aryl methyl sites for hydroxylation is 1. The van der Waals surface area contributed by atoms with Crippen LogP contribution in [0.15, 0.2) is 24.3 Å². The molecule has 0 radical (unpaired) electrons. The van der Waals surface area contributed by atoms with Crippen molar-refractivity contribution in [2.45, 2.75) is 24.6 Å². The molecule has 1 aliphatic heterocycles. The molecule has 2 unspecified atom stereocenters. The van der Waals surface area contributed by atoms with Crippen molar-refractivity contribution in [1.82, 2.24) is 10.2 Å². The predicted molar refractivity (Wildman–Crippen MR) is 82.8 cm³/mol. The number of carbonyl (C=O) groups is 1. The van der Waals surface area contributed by atoms with Gasteiger partial charge in [-0.3, -0.25) is 4.79 Å². The fourth-order valence-corrected chi connectivity index (χ4v) is 3.69. The van der Waals surface area contributed by atoms with Gasteiger partial charge in [0.2, 0.25) is 5.91 Å². The standard InChI is InChI=1S/C15H22N2O3S/c1-11-4-6-12(7-5-11)13(17(2)3)10-16-15(18)14-8-9-21(14,19)20/h4-7,13-14H,8-10H2,1-3H3,(H,16,18). The van der Waals surface area contributed by atoms with E-state index in [2.05, 4.69) is 5.32 Å². The maximum absolute atomic E-state index is 11.9. The van der Waals surface area contributed by atoms with Gasteiger partial charge in [-0.1, -0.05) is 29.8 Å². The molecule has 0 bridgehead atoms. The van der Waals surface area contributed by atoms with E-state index in [1.54, 1.807) is 0 Å². The number of carbonyl (C=O) groups excluding carboxylic acids is 1. The molecule has 116 valence electrons. The Bertz CT molecular complexity index is 608. The summed E-state index contributed by atoms with van der Waals surface area (Å²) in [6, 6.07) is 8.16. The summed E-state index contributed by atoms with van der Waals surface area (Å²) in [5.74, 6) is -0.250. The molecule has 1 saturated heterocycles. The van der Waals surface area contributed by atoms with Crippen LogP contribution in [0.4, 0.5) is 0 Å². The smallest absolute Gasteiger partial charge is 0.238 e. The molecule has 21 heavy (non-hydrogen) atoms. The zero-order valence-corrected chi connectivity index (χ0v) is 13.5. The molecule has 6 heteroatoms. The van der Waals surface area contributed by atoms with Gasteiger partial charge in [0.05, 0.1) is 11.8 Å². The highest BCUT2D eigenvalue weighted by Crippen LogP contribution is 2.22. The largest absolute Gasteiger partial charge is 0.353 e. The van der Waals surface area contributed by atoms with Crippen molar-refractivity contribution in [3.8, 4) is 0 Å². The molecule has 1 heterocycles. The minimum absolute atomic E-state index is 0.0253. The van der Waals surface area contributed by atoms with Crippen molar-refractivity contribution in [3.63, 3.8) is 0 Å². The van der Waals surface area contributed by atoms with E-state index in [0.717, 1.165) is 5.56 Å². The molecule has 2 atom stereocenters. The van der Waals surface area contributed by atoms with E-state index < -0.39 is 15.1 Å². The second-order valence-corrected chi connectivity index (χ2v) is 8.08. The number of rotatable bonds is 5. The molecule has 0 spiro atoms. The quantitative estimate of drug-likeness (QED) is 0.877. The van der Waals surface area contributed by atoms with Crippen molar-refractivity contribution < 1.29 is 13.2 Å². The second kappa shape index (κ2) is 6.15. The van der Waals surface area contributed by atoms with E-state index in [1.807, 2.05) is 50.2 Å². The van der Waals surface area contributed by atoms with E-state index in [0.29, 0.717) is 13.0 Å². The molecule has 5 nitrogen and oxygen atoms in total. The normalized spacial score (nSPS) is 21.6. The molecule has 1 N–H and O–H groups in total. The van der Waals surface area contributed by atoms with E-state index in [-0.39, 0.29) is 17.7 Å². The fourth-order valence-electron chi connectivity index (χ4n) is 2.42. The maximum atomic E-state index is 11.9. The zero-order valence-electron chi connectivity index (χ0n) is 12.7. The van der Waals surface area contributed by atoms with Gasteiger partial charge in [-0.2, -0.15) is 0 Å². The highest BCUT2D eigenvalue weighted by atomic mass is 32.2. The number of benzene rings is 1. The van der Waals surface area contributed by atoms with Crippen LogP contribution in [-0.4, -0.2) is 50.9 Å². The summed E-state index contributed by atoms with van der Waals surface area (Å²) in [4.78, 5) is 14.0. The van der Waals surface area contributed by atoms with E-state index in [1.165, 1.54) is 5.56 Å². The summed E-state index contributed by atoms with van der Waals surface area (Å²) in [6.45, 7) is 2.43. The average Bonchev–Trinajstić information content (AvgIpc) is 2.39. The summed E-state index contributed by atoms with van der Waals surface area (Å²) in [5.41, 5.74) is 2.28. The first-order valence-electron chi connectivity index (χ1n) is 7.03. The van der Waals surface area contributed by atoms with Gasteiger partial charge in [0, 0.05) is 6.54 Å². The lowest BCUT2D eigenvalue weighted by Crippen LogP contribution is -2.49. The Balaban J connectivity index is 2.01. The van der Waals surface area contributed by atoms with Gasteiger partial charge >= 0.3 is 0 Å². The third-order valence-electron chi connectivity index (χ3n) is 3.95. The first-order valence-corrected chi connectivity index (χ1v) is 8.75. The summed E-state index contributed by atoms with van der Waals surface area (Å²) < 4.78 is 22.9. The third kappa shape index (κ3) is 3.63. The molecular weight excluding hydrogens is 288 g/mol. The van der Waals surface area contributed by atoms with Gasteiger partial charge < -0.3 is 10.2 Å². The topological polar surface area (TPSA) is 66.5 Å². The number of nitrogens with zero attached hydrogens (tertiary/aromatic N) is 1. The Hall–Kier alpha value is -1.40. The van der Waals surface area contributed by atoms with Gasteiger partial charge in [0.1, 0.15) is 5.25 Å². The van der Waals surface area contributed by atoms with Gasteiger partial charge in [-0.15, -0.1) is 0 Å². The van der Waals surface area contributed by atoms with Crippen LogP contribution in [0.3, 0.4) is 0 Å². The lowest BCUT2D eigenvalue weighted by molar-refractivity contribution is -0.121. The molecule has 0 aromatic heterocycles. The lowest BCUT2D eigenvalue weighted by atomic mass is 10.0. The van der Waals surface area contributed by atoms with E-state index >= 15 is 0 Å². The van der Waals surface area contributed by atoms with E-state index in [9.17, 15) is 13.2 Å². The van der Waals surface area contributed by atoms with Crippen molar-refractivity contribution in [2.75, 3.05) is 26.4 Å². The van der Waals surface area contributed by atoms with Gasteiger partial charge in [-0.05, 0) is 33.0 Å².